The third-order valence-corrected chi connectivity index (χ3v) is 4.10. The molecule has 0 nitrogen and oxygen atoms in total. The highest BCUT2D eigenvalue weighted by molar-refractivity contribution is 9.10. The van der Waals surface area contributed by atoms with E-state index in [1.54, 1.807) is 0 Å². The van der Waals surface area contributed by atoms with Crippen LogP contribution in [0.25, 0.3) is 22.3 Å². The molecule has 0 bridgehead atoms. The normalized spacial score (nSPS) is 9.82. The summed E-state index contributed by atoms with van der Waals surface area (Å²) in [5.74, 6) is 0. The molecule has 0 spiro atoms. The van der Waals surface area contributed by atoms with Gasteiger partial charge in [0.2, 0.25) is 0 Å². The van der Waals surface area contributed by atoms with Crippen LogP contribution in [0, 0.1) is 6.92 Å². The average molecular weight is 353 g/mol. The lowest BCUT2D eigenvalue weighted by Gasteiger charge is -2.12. The quantitative estimate of drug-likeness (QED) is 0.460. The van der Waals surface area contributed by atoms with Crippen LogP contribution in [0.5, 0.6) is 0 Å². The maximum Gasteiger partial charge on any atom is 0.0259 e. The highest BCUT2D eigenvalue weighted by Crippen LogP contribution is 2.37. The average Bonchev–Trinajstić information content (AvgIpc) is 2.58. The van der Waals surface area contributed by atoms with Crippen LogP contribution < -0.4 is 0 Å². The highest BCUT2D eigenvalue weighted by atomic mass is 79.9. The summed E-state index contributed by atoms with van der Waals surface area (Å²) >= 11 is 3.70. The van der Waals surface area contributed by atoms with Crippen molar-refractivity contribution in [1.82, 2.24) is 0 Å². The Kier molecular flexibility index (Phi) is 5.97. The maximum absolute atomic E-state index is 3.70. The number of halogens is 1. The Hall–Kier alpha value is -1.86. The minimum Gasteiger partial charge on any atom is -0.0683 e. The first-order valence-electron chi connectivity index (χ1n) is 7.67. The summed E-state index contributed by atoms with van der Waals surface area (Å²) in [4.78, 5) is 0. The summed E-state index contributed by atoms with van der Waals surface area (Å²) in [5, 5.41) is 0. The first-order valence-corrected chi connectivity index (χ1v) is 8.46. The molecule has 0 aromatic heterocycles. The van der Waals surface area contributed by atoms with E-state index < -0.39 is 0 Å². The van der Waals surface area contributed by atoms with E-state index in [1.807, 2.05) is 19.9 Å². The van der Waals surface area contributed by atoms with Crippen molar-refractivity contribution in [2.75, 3.05) is 0 Å². The van der Waals surface area contributed by atoms with E-state index >= 15 is 0 Å². The van der Waals surface area contributed by atoms with Crippen LogP contribution in [0.15, 0.2) is 77.3 Å². The second-order valence-corrected chi connectivity index (χ2v) is 5.75. The van der Waals surface area contributed by atoms with Gasteiger partial charge in [0, 0.05) is 10.0 Å². The molecule has 0 atom stereocenters. The third kappa shape index (κ3) is 3.66. The van der Waals surface area contributed by atoms with Gasteiger partial charge < -0.3 is 0 Å². The lowest BCUT2D eigenvalue weighted by atomic mass is 9.94. The van der Waals surface area contributed by atoms with Crippen molar-refractivity contribution in [3.63, 3.8) is 0 Å². The zero-order valence-electron chi connectivity index (χ0n) is 13.3. The molecule has 3 aromatic carbocycles. The Balaban J connectivity index is 0.000000847. The molecule has 0 heterocycles. The van der Waals surface area contributed by atoms with Crippen molar-refractivity contribution in [2.24, 2.45) is 0 Å². The Morgan fingerprint density at radius 2 is 1.27 bits per heavy atom. The number of hydrogen-bond donors (Lipinski definition) is 0. The second kappa shape index (κ2) is 7.95. The number of hydrogen-bond acceptors (Lipinski definition) is 0. The summed E-state index contributed by atoms with van der Waals surface area (Å²) in [7, 11) is 0. The topological polar surface area (TPSA) is 0 Å². The summed E-state index contributed by atoms with van der Waals surface area (Å²) < 4.78 is 1.13. The van der Waals surface area contributed by atoms with Gasteiger partial charge in [-0.1, -0.05) is 102 Å². The second-order valence-electron chi connectivity index (χ2n) is 4.89. The van der Waals surface area contributed by atoms with Gasteiger partial charge in [-0.05, 0) is 29.7 Å². The first-order chi connectivity index (χ1) is 10.8. The molecule has 0 aliphatic carbocycles. The van der Waals surface area contributed by atoms with E-state index in [4.69, 9.17) is 0 Å². The van der Waals surface area contributed by atoms with Crippen LogP contribution >= 0.6 is 15.9 Å². The number of aryl methyl sites for hydroxylation is 1. The van der Waals surface area contributed by atoms with E-state index in [0.717, 1.165) is 4.47 Å². The summed E-state index contributed by atoms with van der Waals surface area (Å²) in [5.41, 5.74) is 6.26. The zero-order valence-corrected chi connectivity index (χ0v) is 14.9. The number of benzene rings is 3. The van der Waals surface area contributed by atoms with Crippen molar-refractivity contribution in [3.05, 3.63) is 82.8 Å². The molecular formula is C21H21Br. The molecule has 22 heavy (non-hydrogen) atoms. The molecule has 0 aliphatic rings. The molecular weight excluding hydrogens is 332 g/mol. The highest BCUT2D eigenvalue weighted by Gasteiger charge is 2.10. The number of rotatable bonds is 2. The van der Waals surface area contributed by atoms with Gasteiger partial charge in [-0.25, -0.2) is 0 Å². The van der Waals surface area contributed by atoms with Gasteiger partial charge in [-0.2, -0.15) is 0 Å². The van der Waals surface area contributed by atoms with Crippen molar-refractivity contribution >= 4 is 15.9 Å². The van der Waals surface area contributed by atoms with Crippen molar-refractivity contribution in [2.45, 2.75) is 20.8 Å². The Morgan fingerprint density at radius 1 is 0.636 bits per heavy atom. The first kappa shape index (κ1) is 16.5. The fourth-order valence-electron chi connectivity index (χ4n) is 2.40. The minimum atomic E-state index is 1.13. The van der Waals surface area contributed by atoms with Crippen LogP contribution in [0.4, 0.5) is 0 Å². The van der Waals surface area contributed by atoms with Gasteiger partial charge in [0.05, 0.1) is 0 Å². The molecule has 0 saturated carbocycles. The van der Waals surface area contributed by atoms with Crippen LogP contribution in [-0.4, -0.2) is 0 Å². The van der Waals surface area contributed by atoms with Crippen LogP contribution in [0.3, 0.4) is 0 Å². The molecule has 0 saturated heterocycles. The summed E-state index contributed by atoms with van der Waals surface area (Å²) in [6.45, 7) is 6.11. The Morgan fingerprint density at radius 3 is 1.91 bits per heavy atom. The predicted molar refractivity (Wildman–Crippen MR) is 101 cm³/mol. The van der Waals surface area contributed by atoms with Gasteiger partial charge in [-0.3, -0.25) is 0 Å². The van der Waals surface area contributed by atoms with Gasteiger partial charge in [-0.15, -0.1) is 0 Å². The minimum absolute atomic E-state index is 1.13. The lowest BCUT2D eigenvalue weighted by Crippen LogP contribution is -1.87. The molecule has 0 N–H and O–H groups in total. The monoisotopic (exact) mass is 352 g/mol. The largest absolute Gasteiger partial charge is 0.0683 e. The summed E-state index contributed by atoms with van der Waals surface area (Å²) in [6, 6.07) is 25.6. The molecule has 0 fully saturated rings. The van der Waals surface area contributed by atoms with Crippen LogP contribution in [0.2, 0.25) is 0 Å². The van der Waals surface area contributed by atoms with Gasteiger partial charge in [0.15, 0.2) is 0 Å². The van der Waals surface area contributed by atoms with Gasteiger partial charge in [0.25, 0.3) is 0 Å². The molecule has 3 rings (SSSR count). The van der Waals surface area contributed by atoms with Gasteiger partial charge in [0.1, 0.15) is 0 Å². The SMILES string of the molecule is CC.Cc1ccc(-c2cccc(Br)c2-c2ccccc2)cc1. The maximum atomic E-state index is 3.70. The molecule has 3 aromatic rings. The molecule has 0 radical (unpaired) electrons. The molecule has 0 aliphatic heterocycles. The lowest BCUT2D eigenvalue weighted by molar-refractivity contribution is 1.46. The molecule has 0 unspecified atom stereocenters. The van der Waals surface area contributed by atoms with E-state index in [9.17, 15) is 0 Å². The van der Waals surface area contributed by atoms with E-state index in [-0.39, 0.29) is 0 Å². The van der Waals surface area contributed by atoms with E-state index in [0.29, 0.717) is 0 Å². The van der Waals surface area contributed by atoms with Gasteiger partial charge >= 0.3 is 0 Å². The van der Waals surface area contributed by atoms with E-state index in [1.165, 1.54) is 27.8 Å². The fraction of sp³-hybridized carbons (Fsp3) is 0.143. The standard InChI is InChI=1S/C19H15Br.C2H6/c1-14-10-12-15(13-11-14)17-8-5-9-18(20)19(17)16-6-3-2-4-7-16;1-2/h2-13H,1H3;1-2H3. The van der Waals surface area contributed by atoms with Crippen LogP contribution in [0.1, 0.15) is 19.4 Å². The van der Waals surface area contributed by atoms with Crippen molar-refractivity contribution in [1.29, 1.82) is 0 Å². The Bertz CT molecular complexity index is 713. The molecule has 0 amide bonds. The predicted octanol–water partition coefficient (Wildman–Crippen LogP) is 7.12. The van der Waals surface area contributed by atoms with Crippen molar-refractivity contribution in [3.8, 4) is 22.3 Å². The molecule has 1 heteroatoms. The van der Waals surface area contributed by atoms with E-state index in [2.05, 4.69) is 89.6 Å². The summed E-state index contributed by atoms with van der Waals surface area (Å²) in [6.07, 6.45) is 0. The van der Waals surface area contributed by atoms with Crippen LogP contribution in [-0.2, 0) is 0 Å². The zero-order chi connectivity index (χ0) is 15.9. The Labute approximate surface area is 142 Å². The van der Waals surface area contributed by atoms with Crippen molar-refractivity contribution < 1.29 is 0 Å². The smallest absolute Gasteiger partial charge is 0.0259 e. The molecule has 112 valence electrons. The fourth-order valence-corrected chi connectivity index (χ4v) is 2.99. The third-order valence-electron chi connectivity index (χ3n) is 3.44.